The summed E-state index contributed by atoms with van der Waals surface area (Å²) in [6, 6.07) is 6.98. The van der Waals surface area contributed by atoms with Gasteiger partial charge < -0.3 is 4.90 Å². The van der Waals surface area contributed by atoms with E-state index in [9.17, 15) is 8.42 Å². The molecule has 0 atom stereocenters. The van der Waals surface area contributed by atoms with E-state index in [1.807, 2.05) is 24.8 Å². The summed E-state index contributed by atoms with van der Waals surface area (Å²) >= 11 is 7.25. The lowest BCUT2D eigenvalue weighted by Crippen LogP contribution is -2.36. The van der Waals surface area contributed by atoms with Gasteiger partial charge in [-0.15, -0.1) is 15.7 Å². The maximum atomic E-state index is 12.2. The fourth-order valence-corrected chi connectivity index (χ4v) is 4.52. The highest BCUT2D eigenvalue weighted by Crippen LogP contribution is 2.30. The Balaban J connectivity index is 2.03. The predicted molar refractivity (Wildman–Crippen MR) is 88.0 cm³/mol. The molecule has 22 heavy (non-hydrogen) atoms. The fourth-order valence-electron chi connectivity index (χ4n) is 2.32. The van der Waals surface area contributed by atoms with E-state index in [2.05, 4.69) is 9.38 Å². The molecule has 0 bridgehead atoms. The van der Waals surface area contributed by atoms with E-state index in [-0.39, 0.29) is 10.9 Å². The van der Waals surface area contributed by atoms with Gasteiger partial charge in [0.15, 0.2) is 10.3 Å². The maximum absolute atomic E-state index is 12.2. The van der Waals surface area contributed by atoms with Gasteiger partial charge in [0, 0.05) is 22.7 Å². The van der Waals surface area contributed by atoms with Crippen molar-refractivity contribution in [3.63, 3.8) is 0 Å². The number of rotatable bonds is 3. The van der Waals surface area contributed by atoms with Crippen molar-refractivity contribution in [1.82, 2.24) is 9.88 Å². The largest absolute Gasteiger partial charge is 0.348 e. The second-order valence-electron chi connectivity index (χ2n) is 5.19. The van der Waals surface area contributed by atoms with Crippen LogP contribution in [0.3, 0.4) is 0 Å². The van der Waals surface area contributed by atoms with Crippen LogP contribution in [-0.4, -0.2) is 30.2 Å². The Hall–Kier alpha value is -1.44. The number of hydrogen-bond donors (Lipinski definition) is 0. The first-order valence-electron chi connectivity index (χ1n) is 6.69. The second-order valence-corrected chi connectivity index (χ2v) is 8.46. The topological polar surface area (TPSA) is 62.6 Å². The molecule has 2 aromatic rings. The van der Waals surface area contributed by atoms with Gasteiger partial charge in [0.05, 0.1) is 6.54 Å². The van der Waals surface area contributed by atoms with E-state index in [0.29, 0.717) is 22.4 Å². The molecule has 1 aromatic heterocycles. The fraction of sp³-hybridized carbons (Fsp3) is 0.286. The molecule has 0 aliphatic carbocycles. The summed E-state index contributed by atoms with van der Waals surface area (Å²) in [4.78, 5) is 7.20. The van der Waals surface area contributed by atoms with Crippen molar-refractivity contribution < 1.29 is 8.42 Å². The molecular formula is C14H14ClN3O2S2. The van der Waals surface area contributed by atoms with Gasteiger partial charge in [-0.3, -0.25) is 0 Å². The summed E-state index contributed by atoms with van der Waals surface area (Å²) < 4.78 is 28.9. The molecule has 5 nitrogen and oxygen atoms in total. The molecule has 1 aliphatic heterocycles. The molecular weight excluding hydrogens is 342 g/mol. The Bertz CT molecular complexity index is 843. The van der Waals surface area contributed by atoms with Crippen LogP contribution in [0.4, 0.5) is 0 Å². The maximum Gasteiger partial charge on any atom is 0.285 e. The highest BCUT2D eigenvalue weighted by molar-refractivity contribution is 7.90. The molecule has 0 radical (unpaired) electrons. The highest BCUT2D eigenvalue weighted by Gasteiger charge is 2.32. The number of aromatic nitrogens is 1. The van der Waals surface area contributed by atoms with Crippen molar-refractivity contribution in [2.24, 2.45) is 4.40 Å². The van der Waals surface area contributed by atoms with Gasteiger partial charge in [0.1, 0.15) is 4.90 Å². The Morgan fingerprint density at radius 1 is 1.32 bits per heavy atom. The summed E-state index contributed by atoms with van der Waals surface area (Å²) in [7, 11) is -3.61. The summed E-state index contributed by atoms with van der Waals surface area (Å²) in [5.41, 5.74) is 0.645. The van der Waals surface area contributed by atoms with Crippen molar-refractivity contribution in [1.29, 1.82) is 0 Å². The van der Waals surface area contributed by atoms with E-state index in [4.69, 9.17) is 11.6 Å². The first-order chi connectivity index (χ1) is 10.4. The summed E-state index contributed by atoms with van der Waals surface area (Å²) in [6.45, 7) is 4.52. The van der Waals surface area contributed by atoms with Crippen LogP contribution in [0.5, 0.6) is 0 Å². The summed E-state index contributed by atoms with van der Waals surface area (Å²) in [5, 5.41) is 0. The third-order valence-corrected chi connectivity index (χ3v) is 5.78. The standard InChI is InChI=1S/C14H14ClN3O2S2/c1-9(2)18(8-10-7-16-14(15)21-10)13-11-5-3-4-6-12(11)22(19,20)17-13/h3-7,9H,8H2,1-2H3. The molecule has 8 heteroatoms. The van der Waals surface area contributed by atoms with Gasteiger partial charge in [-0.2, -0.15) is 8.42 Å². The van der Waals surface area contributed by atoms with Crippen molar-refractivity contribution in [3.05, 3.63) is 45.4 Å². The van der Waals surface area contributed by atoms with Gasteiger partial charge in [-0.05, 0) is 26.0 Å². The molecule has 1 aromatic carbocycles. The minimum absolute atomic E-state index is 0.0842. The SMILES string of the molecule is CC(C)N(Cc1cnc(Cl)s1)C1=NS(=O)(=O)c2ccccc21. The van der Waals surface area contributed by atoms with Crippen molar-refractivity contribution in [3.8, 4) is 0 Å². The van der Waals surface area contributed by atoms with Crippen LogP contribution in [0.15, 0.2) is 39.8 Å². The van der Waals surface area contributed by atoms with Crippen LogP contribution >= 0.6 is 22.9 Å². The average Bonchev–Trinajstić information content (AvgIpc) is 2.98. The Kier molecular flexibility index (Phi) is 3.96. The van der Waals surface area contributed by atoms with Crippen molar-refractivity contribution >= 4 is 38.8 Å². The molecule has 0 unspecified atom stereocenters. The third kappa shape index (κ3) is 2.76. The van der Waals surface area contributed by atoms with E-state index in [1.165, 1.54) is 11.3 Å². The molecule has 116 valence electrons. The van der Waals surface area contributed by atoms with Gasteiger partial charge in [-0.1, -0.05) is 23.7 Å². The van der Waals surface area contributed by atoms with E-state index >= 15 is 0 Å². The Labute approximate surface area is 138 Å². The van der Waals surface area contributed by atoms with Gasteiger partial charge in [-0.25, -0.2) is 4.98 Å². The lowest BCUT2D eigenvalue weighted by Gasteiger charge is -2.28. The van der Waals surface area contributed by atoms with Crippen molar-refractivity contribution in [2.75, 3.05) is 0 Å². The van der Waals surface area contributed by atoms with Crippen LogP contribution < -0.4 is 0 Å². The van der Waals surface area contributed by atoms with E-state index in [1.54, 1.807) is 24.4 Å². The number of halogens is 1. The normalized spacial score (nSPS) is 15.7. The van der Waals surface area contributed by atoms with Crippen LogP contribution in [0.1, 0.15) is 24.3 Å². The van der Waals surface area contributed by atoms with E-state index in [0.717, 1.165) is 4.88 Å². The Morgan fingerprint density at radius 2 is 2.05 bits per heavy atom. The number of fused-ring (bicyclic) bond motifs is 1. The monoisotopic (exact) mass is 355 g/mol. The number of amidine groups is 1. The molecule has 0 N–H and O–H groups in total. The number of hydrogen-bond acceptors (Lipinski definition) is 5. The third-order valence-electron chi connectivity index (χ3n) is 3.36. The number of nitrogens with zero attached hydrogens (tertiary/aromatic N) is 3. The first kappa shape index (κ1) is 15.5. The summed E-state index contributed by atoms with van der Waals surface area (Å²) in [6.07, 6.45) is 1.71. The zero-order valence-electron chi connectivity index (χ0n) is 12.0. The Morgan fingerprint density at radius 3 is 2.68 bits per heavy atom. The highest BCUT2D eigenvalue weighted by atomic mass is 35.5. The molecule has 0 amide bonds. The number of thiazole rings is 1. The van der Waals surface area contributed by atoms with Crippen LogP contribution in [0, 0.1) is 0 Å². The summed E-state index contributed by atoms with van der Waals surface area (Å²) in [5.74, 6) is 0.482. The molecule has 0 saturated carbocycles. The van der Waals surface area contributed by atoms with Crippen LogP contribution in [0.25, 0.3) is 0 Å². The van der Waals surface area contributed by atoms with Gasteiger partial charge in [0.2, 0.25) is 0 Å². The lowest BCUT2D eigenvalue weighted by molar-refractivity contribution is 0.346. The smallest absolute Gasteiger partial charge is 0.285 e. The first-order valence-corrected chi connectivity index (χ1v) is 9.33. The van der Waals surface area contributed by atoms with Gasteiger partial charge >= 0.3 is 0 Å². The quantitative estimate of drug-likeness (QED) is 0.848. The minimum Gasteiger partial charge on any atom is -0.348 e. The second kappa shape index (κ2) is 5.64. The molecule has 3 rings (SSSR count). The number of sulfonamides is 1. The molecule has 1 aliphatic rings. The minimum atomic E-state index is -3.61. The van der Waals surface area contributed by atoms with Crippen LogP contribution in [0.2, 0.25) is 4.47 Å². The number of benzene rings is 1. The molecule has 0 spiro atoms. The van der Waals surface area contributed by atoms with E-state index < -0.39 is 10.0 Å². The lowest BCUT2D eigenvalue weighted by atomic mass is 10.1. The van der Waals surface area contributed by atoms with Gasteiger partial charge in [0.25, 0.3) is 10.0 Å². The zero-order chi connectivity index (χ0) is 15.9. The average molecular weight is 356 g/mol. The molecule has 0 saturated heterocycles. The zero-order valence-corrected chi connectivity index (χ0v) is 14.4. The molecule has 0 fully saturated rings. The molecule has 2 heterocycles. The predicted octanol–water partition coefficient (Wildman–Crippen LogP) is 3.16. The van der Waals surface area contributed by atoms with Crippen molar-refractivity contribution in [2.45, 2.75) is 31.3 Å². The van der Waals surface area contributed by atoms with Crippen LogP contribution in [-0.2, 0) is 16.6 Å².